The fraction of sp³-hybridized carbons (Fsp3) is 0.0909. The van der Waals surface area contributed by atoms with E-state index in [2.05, 4.69) is 0 Å². The molecule has 1 fully saturated rings. The summed E-state index contributed by atoms with van der Waals surface area (Å²) in [4.78, 5) is 16.0. The highest BCUT2D eigenvalue weighted by atomic mass is 32.1. The van der Waals surface area contributed by atoms with Crippen molar-refractivity contribution in [3.8, 4) is 11.5 Å². The number of benzene rings is 3. The van der Waals surface area contributed by atoms with Crippen LogP contribution in [0.4, 0.5) is 15.8 Å². The molecule has 1 unspecified atom stereocenters. The number of carbonyl (C=O) groups is 1. The SMILES string of the molecule is CC1C(=O)N(c2ccc(F)cc2)C(=S)N1c1ccc(Oc2ccccc2)cc1. The second-order valence-electron chi connectivity index (χ2n) is 6.39. The number of nitrogens with zero attached hydrogens (tertiary/aromatic N) is 2. The number of hydrogen-bond acceptors (Lipinski definition) is 3. The molecular weight excluding hydrogens is 375 g/mol. The zero-order chi connectivity index (χ0) is 19.7. The van der Waals surface area contributed by atoms with Crippen molar-refractivity contribution in [2.24, 2.45) is 0 Å². The molecule has 0 bridgehead atoms. The maximum Gasteiger partial charge on any atom is 0.256 e. The first-order valence-electron chi connectivity index (χ1n) is 8.80. The van der Waals surface area contributed by atoms with Crippen molar-refractivity contribution in [2.45, 2.75) is 13.0 Å². The van der Waals surface area contributed by atoms with Gasteiger partial charge in [0, 0.05) is 5.69 Å². The predicted molar refractivity (Wildman–Crippen MR) is 111 cm³/mol. The van der Waals surface area contributed by atoms with E-state index < -0.39 is 6.04 Å². The lowest BCUT2D eigenvalue weighted by Crippen LogP contribution is -2.33. The number of anilines is 2. The molecule has 0 radical (unpaired) electrons. The van der Waals surface area contributed by atoms with Crippen LogP contribution in [-0.4, -0.2) is 17.1 Å². The van der Waals surface area contributed by atoms with Crippen molar-refractivity contribution >= 4 is 34.6 Å². The quantitative estimate of drug-likeness (QED) is 0.575. The van der Waals surface area contributed by atoms with E-state index in [1.807, 2.05) is 54.6 Å². The fourth-order valence-corrected chi connectivity index (χ4v) is 3.59. The minimum absolute atomic E-state index is 0.152. The van der Waals surface area contributed by atoms with Gasteiger partial charge in [-0.1, -0.05) is 18.2 Å². The van der Waals surface area contributed by atoms with Crippen molar-refractivity contribution in [1.82, 2.24) is 0 Å². The molecule has 0 spiro atoms. The lowest BCUT2D eigenvalue weighted by atomic mass is 10.2. The molecule has 0 saturated carbocycles. The van der Waals surface area contributed by atoms with Gasteiger partial charge in [0.2, 0.25) is 0 Å². The van der Waals surface area contributed by atoms with Gasteiger partial charge in [-0.3, -0.25) is 9.69 Å². The van der Waals surface area contributed by atoms with Crippen LogP contribution in [0.3, 0.4) is 0 Å². The maximum atomic E-state index is 13.2. The molecule has 4 rings (SSSR count). The number of rotatable bonds is 4. The third-order valence-electron chi connectivity index (χ3n) is 4.54. The predicted octanol–water partition coefficient (Wildman–Crippen LogP) is 5.14. The summed E-state index contributed by atoms with van der Waals surface area (Å²) in [5, 5.41) is 0.362. The average molecular weight is 392 g/mol. The van der Waals surface area contributed by atoms with E-state index >= 15 is 0 Å². The number of halogens is 1. The summed E-state index contributed by atoms with van der Waals surface area (Å²) in [6.45, 7) is 1.80. The first kappa shape index (κ1) is 18.1. The molecule has 28 heavy (non-hydrogen) atoms. The number of carbonyl (C=O) groups excluding carboxylic acids is 1. The summed E-state index contributed by atoms with van der Waals surface area (Å²) in [5.74, 6) is 0.925. The van der Waals surface area contributed by atoms with E-state index in [1.165, 1.54) is 17.0 Å². The molecule has 3 aromatic carbocycles. The number of amides is 1. The second-order valence-corrected chi connectivity index (χ2v) is 6.75. The molecule has 6 heteroatoms. The van der Waals surface area contributed by atoms with Crippen LogP contribution in [0.5, 0.6) is 11.5 Å². The average Bonchev–Trinajstić information content (AvgIpc) is 2.93. The zero-order valence-corrected chi connectivity index (χ0v) is 15.9. The van der Waals surface area contributed by atoms with Crippen LogP contribution in [0.25, 0.3) is 0 Å². The highest BCUT2D eigenvalue weighted by molar-refractivity contribution is 7.81. The van der Waals surface area contributed by atoms with Crippen molar-refractivity contribution < 1.29 is 13.9 Å². The van der Waals surface area contributed by atoms with Gasteiger partial charge in [0.05, 0.1) is 5.69 Å². The highest BCUT2D eigenvalue weighted by Gasteiger charge is 2.41. The third-order valence-corrected chi connectivity index (χ3v) is 4.92. The zero-order valence-electron chi connectivity index (χ0n) is 15.1. The van der Waals surface area contributed by atoms with Crippen LogP contribution in [0, 0.1) is 5.82 Å². The smallest absolute Gasteiger partial charge is 0.256 e. The van der Waals surface area contributed by atoms with Crippen LogP contribution in [0.1, 0.15) is 6.92 Å². The lowest BCUT2D eigenvalue weighted by Gasteiger charge is -2.22. The first-order valence-corrected chi connectivity index (χ1v) is 9.21. The van der Waals surface area contributed by atoms with Gasteiger partial charge < -0.3 is 9.64 Å². The molecule has 1 atom stereocenters. The van der Waals surface area contributed by atoms with Crippen LogP contribution in [0.2, 0.25) is 0 Å². The van der Waals surface area contributed by atoms with Crippen molar-refractivity contribution in [1.29, 1.82) is 0 Å². The molecular formula is C22H17FN2O2S. The third kappa shape index (κ3) is 3.34. The Morgan fingerprint density at radius 3 is 2.07 bits per heavy atom. The van der Waals surface area contributed by atoms with Crippen LogP contribution < -0.4 is 14.5 Å². The molecule has 1 aliphatic heterocycles. The van der Waals surface area contributed by atoms with E-state index in [9.17, 15) is 9.18 Å². The fourth-order valence-electron chi connectivity index (χ4n) is 3.13. The van der Waals surface area contributed by atoms with E-state index in [0.29, 0.717) is 16.5 Å². The van der Waals surface area contributed by atoms with Gasteiger partial charge in [-0.05, 0) is 79.8 Å². The molecule has 3 aromatic rings. The molecule has 1 heterocycles. The lowest BCUT2D eigenvalue weighted by molar-refractivity contribution is -0.117. The Hall–Kier alpha value is -3.25. The van der Waals surface area contributed by atoms with Gasteiger partial charge in [0.15, 0.2) is 5.11 Å². The van der Waals surface area contributed by atoms with Crippen molar-refractivity contribution in [3.63, 3.8) is 0 Å². The minimum Gasteiger partial charge on any atom is -0.457 e. The Kier molecular flexibility index (Phi) is 4.79. The van der Waals surface area contributed by atoms with Gasteiger partial charge >= 0.3 is 0 Å². The number of para-hydroxylation sites is 1. The van der Waals surface area contributed by atoms with Crippen LogP contribution >= 0.6 is 12.2 Å². The summed E-state index contributed by atoms with van der Waals surface area (Å²) in [5.41, 5.74) is 1.34. The van der Waals surface area contributed by atoms with Gasteiger partial charge in [-0.2, -0.15) is 0 Å². The highest BCUT2D eigenvalue weighted by Crippen LogP contribution is 2.32. The summed E-state index contributed by atoms with van der Waals surface area (Å²) >= 11 is 5.56. The van der Waals surface area contributed by atoms with E-state index in [1.54, 1.807) is 24.0 Å². The second kappa shape index (κ2) is 7.40. The Bertz CT molecular complexity index is 1010. The van der Waals surface area contributed by atoms with Gasteiger partial charge in [-0.25, -0.2) is 4.39 Å². The Morgan fingerprint density at radius 2 is 1.43 bits per heavy atom. The Labute approximate surface area is 167 Å². The monoisotopic (exact) mass is 392 g/mol. The van der Waals surface area contributed by atoms with Gasteiger partial charge in [-0.15, -0.1) is 0 Å². The molecule has 0 N–H and O–H groups in total. The molecule has 1 amide bonds. The minimum atomic E-state index is -0.460. The number of ether oxygens (including phenoxy) is 1. The first-order chi connectivity index (χ1) is 13.5. The van der Waals surface area contributed by atoms with Crippen molar-refractivity contribution in [3.05, 3.63) is 84.7 Å². The van der Waals surface area contributed by atoms with E-state index in [-0.39, 0.29) is 11.7 Å². The number of hydrogen-bond donors (Lipinski definition) is 0. The standard InChI is InChI=1S/C22H17FN2O2S/c1-15-21(26)25(18-9-7-16(23)8-10-18)22(28)24(15)17-11-13-20(14-12-17)27-19-5-3-2-4-6-19/h2-15H,1H3. The summed E-state index contributed by atoms with van der Waals surface area (Å²) in [6, 6.07) is 22.2. The molecule has 140 valence electrons. The number of thiocarbonyl (C=S) groups is 1. The van der Waals surface area contributed by atoms with Crippen LogP contribution in [0.15, 0.2) is 78.9 Å². The Balaban J connectivity index is 1.57. The molecule has 1 saturated heterocycles. The van der Waals surface area contributed by atoms with E-state index in [0.717, 1.165) is 11.4 Å². The van der Waals surface area contributed by atoms with Crippen molar-refractivity contribution in [2.75, 3.05) is 9.80 Å². The molecule has 0 aromatic heterocycles. The maximum absolute atomic E-state index is 13.2. The van der Waals surface area contributed by atoms with Gasteiger partial charge in [0.1, 0.15) is 23.4 Å². The largest absolute Gasteiger partial charge is 0.457 e. The summed E-state index contributed by atoms with van der Waals surface area (Å²) in [6.07, 6.45) is 0. The van der Waals surface area contributed by atoms with Gasteiger partial charge in [0.25, 0.3) is 5.91 Å². The summed E-state index contributed by atoms with van der Waals surface area (Å²) in [7, 11) is 0. The molecule has 4 nitrogen and oxygen atoms in total. The summed E-state index contributed by atoms with van der Waals surface area (Å²) < 4.78 is 19.0. The molecule has 1 aliphatic rings. The topological polar surface area (TPSA) is 32.8 Å². The normalized spacial score (nSPS) is 16.6. The molecule has 0 aliphatic carbocycles. The van der Waals surface area contributed by atoms with E-state index in [4.69, 9.17) is 17.0 Å². The Morgan fingerprint density at radius 1 is 0.857 bits per heavy atom. The van der Waals surface area contributed by atoms with Crippen LogP contribution in [-0.2, 0) is 4.79 Å².